The van der Waals surface area contributed by atoms with E-state index in [1.807, 2.05) is 30.3 Å². The number of benzene rings is 4. The lowest BCUT2D eigenvalue weighted by atomic mass is 10.1. The highest BCUT2D eigenvalue weighted by Crippen LogP contribution is 2.33. The third-order valence-electron chi connectivity index (χ3n) is 5.42. The molecule has 0 saturated carbocycles. The van der Waals surface area contributed by atoms with Crippen LogP contribution >= 0.6 is 0 Å². The molecule has 0 fully saturated rings. The lowest BCUT2D eigenvalue weighted by Gasteiger charge is -2.19. The zero-order valence-corrected chi connectivity index (χ0v) is 22.4. The van der Waals surface area contributed by atoms with Gasteiger partial charge in [-0.05, 0) is 62.4 Å². The van der Waals surface area contributed by atoms with Crippen molar-refractivity contribution >= 4 is 22.6 Å². The molecule has 4 rings (SSSR count). The number of carbonyl (C=O) groups excluding carboxylic acids is 1. The van der Waals surface area contributed by atoms with Crippen LogP contribution in [0.4, 0.5) is 14.5 Å². The Balaban J connectivity index is 1.41. The fourth-order valence-electron chi connectivity index (χ4n) is 3.65. The topological polar surface area (TPSA) is 78.7 Å². The van der Waals surface area contributed by atoms with Gasteiger partial charge in [-0.25, -0.2) is 13.6 Å². The van der Waals surface area contributed by atoms with E-state index in [1.54, 1.807) is 38.1 Å². The minimum atomic E-state index is -1.13. The van der Waals surface area contributed by atoms with Crippen LogP contribution in [0.15, 0.2) is 112 Å². The Bertz CT molecular complexity index is 1540. The molecule has 0 aliphatic rings. The first-order valence-corrected chi connectivity index (χ1v) is 13.3. The quantitative estimate of drug-likeness (QED) is 0.0786. The predicted octanol–water partition coefficient (Wildman–Crippen LogP) is 6.72. The number of hydrogen-bond acceptors (Lipinski definition) is 5. The van der Waals surface area contributed by atoms with E-state index in [0.717, 1.165) is 15.9 Å². The molecule has 0 N–H and O–H groups in total. The lowest BCUT2D eigenvalue weighted by molar-refractivity contribution is -0.384. The second-order valence-corrected chi connectivity index (χ2v) is 11.0. The summed E-state index contributed by atoms with van der Waals surface area (Å²) in [5, 5.41) is 10.8. The SMILES string of the molecule is CC(C)(C#Cc1ccc([N+](=O)[O-])cc1)OC(=O)COc1ccc([S+](c2ccccc2)c2cc(F)cc(F)c2)cc1. The van der Waals surface area contributed by atoms with Crippen molar-refractivity contribution in [2.45, 2.75) is 34.1 Å². The molecule has 0 spiro atoms. The molecule has 0 aliphatic heterocycles. The fraction of sp³-hybridized carbons (Fsp3) is 0.129. The molecular formula is C31H24F2NO5S+. The van der Waals surface area contributed by atoms with Crippen LogP contribution in [0, 0.1) is 33.6 Å². The molecule has 0 bridgehead atoms. The van der Waals surface area contributed by atoms with Crippen molar-refractivity contribution in [1.29, 1.82) is 0 Å². The van der Waals surface area contributed by atoms with Gasteiger partial charge in [-0.1, -0.05) is 30.0 Å². The van der Waals surface area contributed by atoms with E-state index in [2.05, 4.69) is 11.8 Å². The van der Waals surface area contributed by atoms with Crippen LogP contribution < -0.4 is 4.74 Å². The van der Waals surface area contributed by atoms with Crippen molar-refractivity contribution in [3.05, 3.63) is 124 Å². The maximum Gasteiger partial charge on any atom is 0.345 e. The Kier molecular flexibility index (Phi) is 8.82. The minimum absolute atomic E-state index is 0.0414. The lowest BCUT2D eigenvalue weighted by Crippen LogP contribution is -2.29. The zero-order valence-electron chi connectivity index (χ0n) is 21.6. The molecule has 0 radical (unpaired) electrons. The van der Waals surface area contributed by atoms with Crippen LogP contribution in [0.3, 0.4) is 0 Å². The number of nitro benzene ring substituents is 1. The molecule has 0 amide bonds. The standard InChI is InChI=1S/C31H24F2NO5S/c1-31(2,17-16-22-8-10-25(11-9-22)34(36)37)39-30(35)21-38-26-12-14-28(15-13-26)40(27-6-4-3-5-7-27)29-19-23(32)18-24(33)20-29/h3-15,18-20H,21H2,1-2H3/q+1. The maximum atomic E-state index is 14.0. The number of nitrogens with zero attached hydrogens (tertiary/aromatic N) is 1. The Labute approximate surface area is 233 Å². The molecule has 0 aromatic heterocycles. The Morgan fingerprint density at radius 2 is 1.48 bits per heavy atom. The van der Waals surface area contributed by atoms with E-state index in [0.29, 0.717) is 16.2 Å². The molecule has 1 unspecified atom stereocenters. The van der Waals surface area contributed by atoms with Gasteiger partial charge >= 0.3 is 5.97 Å². The van der Waals surface area contributed by atoms with Crippen LogP contribution in [0.25, 0.3) is 0 Å². The van der Waals surface area contributed by atoms with E-state index >= 15 is 0 Å². The molecule has 0 heterocycles. The van der Waals surface area contributed by atoms with Gasteiger partial charge in [-0.15, -0.1) is 0 Å². The van der Waals surface area contributed by atoms with E-state index in [1.165, 1.54) is 36.4 Å². The van der Waals surface area contributed by atoms with Crippen molar-refractivity contribution in [2.24, 2.45) is 0 Å². The van der Waals surface area contributed by atoms with Gasteiger partial charge in [-0.2, -0.15) is 0 Å². The number of hydrogen-bond donors (Lipinski definition) is 0. The average molecular weight is 561 g/mol. The van der Waals surface area contributed by atoms with Crippen LogP contribution in [-0.4, -0.2) is 23.1 Å². The van der Waals surface area contributed by atoms with Crippen molar-refractivity contribution in [2.75, 3.05) is 6.61 Å². The predicted molar refractivity (Wildman–Crippen MR) is 147 cm³/mol. The molecule has 9 heteroatoms. The summed E-state index contributed by atoms with van der Waals surface area (Å²) in [5.41, 5.74) is -0.627. The molecule has 4 aromatic rings. The Hall–Kier alpha value is -4.68. The smallest absolute Gasteiger partial charge is 0.345 e. The van der Waals surface area contributed by atoms with Crippen molar-refractivity contribution in [1.82, 2.24) is 0 Å². The van der Waals surface area contributed by atoms with Gasteiger partial charge in [-0.3, -0.25) is 10.1 Å². The van der Waals surface area contributed by atoms with Gasteiger partial charge < -0.3 is 9.47 Å². The second-order valence-electron chi connectivity index (χ2n) is 9.02. The molecule has 0 aliphatic carbocycles. The van der Waals surface area contributed by atoms with E-state index in [9.17, 15) is 23.7 Å². The Morgan fingerprint density at radius 3 is 2.08 bits per heavy atom. The first kappa shape index (κ1) is 28.3. The molecule has 0 saturated heterocycles. The van der Waals surface area contributed by atoms with Crippen LogP contribution in [0.5, 0.6) is 5.75 Å². The second kappa shape index (κ2) is 12.5. The fourth-order valence-corrected chi connectivity index (χ4v) is 5.77. The van der Waals surface area contributed by atoms with Crippen LogP contribution in [0.2, 0.25) is 0 Å². The first-order valence-electron chi connectivity index (χ1n) is 12.1. The summed E-state index contributed by atoms with van der Waals surface area (Å²) < 4.78 is 39.1. The molecule has 4 aromatic carbocycles. The summed E-state index contributed by atoms with van der Waals surface area (Å²) in [4.78, 5) is 24.9. The average Bonchev–Trinajstić information content (AvgIpc) is 2.92. The van der Waals surface area contributed by atoms with Crippen LogP contribution in [0.1, 0.15) is 19.4 Å². The largest absolute Gasteiger partial charge is 0.482 e. The number of non-ortho nitro benzene ring substituents is 1. The van der Waals surface area contributed by atoms with E-state index in [-0.39, 0.29) is 12.3 Å². The number of carbonyl (C=O) groups is 1. The van der Waals surface area contributed by atoms with E-state index < -0.39 is 39.0 Å². The number of esters is 1. The summed E-state index contributed by atoms with van der Waals surface area (Å²) in [5.74, 6) is 4.17. The Morgan fingerprint density at radius 1 is 0.875 bits per heavy atom. The van der Waals surface area contributed by atoms with Gasteiger partial charge in [0.1, 0.15) is 17.4 Å². The number of nitro groups is 1. The van der Waals surface area contributed by atoms with Crippen molar-refractivity contribution in [3.63, 3.8) is 0 Å². The third kappa shape index (κ3) is 7.68. The van der Waals surface area contributed by atoms with Crippen LogP contribution in [-0.2, 0) is 20.4 Å². The number of halogens is 2. The van der Waals surface area contributed by atoms with E-state index in [4.69, 9.17) is 9.47 Å². The minimum Gasteiger partial charge on any atom is -0.482 e. The highest BCUT2D eigenvalue weighted by molar-refractivity contribution is 7.97. The normalized spacial score (nSPS) is 11.6. The highest BCUT2D eigenvalue weighted by atomic mass is 32.2. The highest BCUT2D eigenvalue weighted by Gasteiger charge is 2.30. The van der Waals surface area contributed by atoms with Gasteiger partial charge in [0.15, 0.2) is 26.9 Å². The van der Waals surface area contributed by atoms with Crippen molar-refractivity contribution < 1.29 is 28.0 Å². The number of rotatable bonds is 8. The molecular weight excluding hydrogens is 536 g/mol. The molecule has 6 nitrogen and oxygen atoms in total. The maximum absolute atomic E-state index is 14.0. The van der Waals surface area contributed by atoms with Gasteiger partial charge in [0.05, 0.1) is 15.8 Å². The molecule has 1 atom stereocenters. The summed E-state index contributed by atoms with van der Waals surface area (Å²) >= 11 is 0. The summed E-state index contributed by atoms with van der Waals surface area (Å²) in [6.45, 7) is 2.89. The zero-order chi connectivity index (χ0) is 28.7. The van der Waals surface area contributed by atoms with Crippen molar-refractivity contribution in [3.8, 4) is 17.6 Å². The summed E-state index contributed by atoms with van der Waals surface area (Å²) in [6, 6.07) is 25.6. The van der Waals surface area contributed by atoms with Gasteiger partial charge in [0, 0.05) is 35.9 Å². The monoisotopic (exact) mass is 560 g/mol. The summed E-state index contributed by atoms with van der Waals surface area (Å²) in [7, 11) is -0.767. The van der Waals surface area contributed by atoms with Gasteiger partial charge in [0.2, 0.25) is 0 Å². The molecule has 40 heavy (non-hydrogen) atoms. The summed E-state index contributed by atoms with van der Waals surface area (Å²) in [6.07, 6.45) is 0. The first-order chi connectivity index (χ1) is 19.1. The third-order valence-corrected chi connectivity index (χ3v) is 7.62. The number of ether oxygens (including phenoxy) is 2. The van der Waals surface area contributed by atoms with Gasteiger partial charge in [0.25, 0.3) is 5.69 Å². The molecule has 202 valence electrons.